The number of rotatable bonds is 4. The number of nitrogens with zero attached hydrogens (tertiary/aromatic N) is 1. The van der Waals surface area contributed by atoms with Gasteiger partial charge in [-0.3, -0.25) is 10.2 Å². The molecule has 1 atom stereocenters. The fourth-order valence-electron chi connectivity index (χ4n) is 1.55. The molecule has 0 saturated heterocycles. The maximum absolute atomic E-state index is 11.9. The van der Waals surface area contributed by atoms with Gasteiger partial charge < -0.3 is 0 Å². The number of aromatic nitrogens is 1. The van der Waals surface area contributed by atoms with Crippen LogP contribution in [0.3, 0.4) is 0 Å². The lowest BCUT2D eigenvalue weighted by Crippen LogP contribution is -2.33. The Morgan fingerprint density at radius 1 is 1.26 bits per heavy atom. The zero-order valence-corrected chi connectivity index (χ0v) is 11.5. The third kappa shape index (κ3) is 3.47. The molecule has 1 aromatic carbocycles. The van der Waals surface area contributed by atoms with Crippen molar-refractivity contribution in [1.29, 1.82) is 0 Å². The zero-order valence-electron chi connectivity index (χ0n) is 9.92. The Hall–Kier alpha value is -1.56. The second-order valence-corrected chi connectivity index (χ2v) is 5.21. The molecule has 2 aromatic rings. The summed E-state index contributed by atoms with van der Waals surface area (Å²) in [6.45, 7) is 0. The maximum atomic E-state index is 11.9. The number of thioether (sulfide) groups is 1. The van der Waals surface area contributed by atoms with Crippen LogP contribution in [-0.2, 0) is 4.79 Å². The molecule has 6 heteroatoms. The SMILES string of the molecule is NNC(=O)C(Sc1ncccc1Cl)c1ccccc1. The predicted octanol–water partition coefficient (Wildman–Crippen LogP) is 2.56. The number of carbonyl (C=O) groups is 1. The number of nitrogens with two attached hydrogens (primary N) is 1. The van der Waals surface area contributed by atoms with Gasteiger partial charge in [-0.25, -0.2) is 10.8 Å². The topological polar surface area (TPSA) is 68.0 Å². The number of hydrogen-bond donors (Lipinski definition) is 2. The number of carbonyl (C=O) groups excluding carboxylic acids is 1. The molecule has 98 valence electrons. The quantitative estimate of drug-likeness (QED) is 0.393. The van der Waals surface area contributed by atoms with Crippen LogP contribution >= 0.6 is 23.4 Å². The van der Waals surface area contributed by atoms with Gasteiger partial charge in [0.15, 0.2) is 0 Å². The molecule has 0 fully saturated rings. The fraction of sp³-hybridized carbons (Fsp3) is 0.0769. The summed E-state index contributed by atoms with van der Waals surface area (Å²) in [5, 5.41) is 0.624. The summed E-state index contributed by atoms with van der Waals surface area (Å²) in [6, 6.07) is 12.8. The normalized spacial score (nSPS) is 11.9. The van der Waals surface area contributed by atoms with Crippen molar-refractivity contribution < 1.29 is 4.79 Å². The van der Waals surface area contributed by atoms with Crippen LogP contribution in [0.1, 0.15) is 10.8 Å². The van der Waals surface area contributed by atoms with Gasteiger partial charge in [0.2, 0.25) is 0 Å². The van der Waals surface area contributed by atoms with Crippen molar-refractivity contribution in [2.24, 2.45) is 5.84 Å². The van der Waals surface area contributed by atoms with E-state index in [0.29, 0.717) is 10.0 Å². The highest BCUT2D eigenvalue weighted by atomic mass is 35.5. The molecule has 3 N–H and O–H groups in total. The highest BCUT2D eigenvalue weighted by molar-refractivity contribution is 8.00. The highest BCUT2D eigenvalue weighted by Crippen LogP contribution is 2.37. The number of hydrogen-bond acceptors (Lipinski definition) is 4. The molecular formula is C13H12ClN3OS. The monoisotopic (exact) mass is 293 g/mol. The number of amides is 1. The van der Waals surface area contributed by atoms with Gasteiger partial charge >= 0.3 is 0 Å². The first-order valence-corrected chi connectivity index (χ1v) is 6.80. The fourth-order valence-corrected chi connectivity index (χ4v) is 2.80. The lowest BCUT2D eigenvalue weighted by molar-refractivity contribution is -0.120. The molecule has 0 spiro atoms. The maximum Gasteiger partial charge on any atom is 0.251 e. The molecule has 0 saturated carbocycles. The molecule has 0 aliphatic heterocycles. The predicted molar refractivity (Wildman–Crippen MR) is 76.6 cm³/mol. The van der Waals surface area contributed by atoms with E-state index < -0.39 is 5.25 Å². The van der Waals surface area contributed by atoms with Gasteiger partial charge in [-0.1, -0.05) is 53.7 Å². The minimum absolute atomic E-state index is 0.294. The molecule has 0 aliphatic carbocycles. The Bertz CT molecular complexity index is 565. The van der Waals surface area contributed by atoms with E-state index in [1.807, 2.05) is 30.3 Å². The smallest absolute Gasteiger partial charge is 0.251 e. The first-order valence-electron chi connectivity index (χ1n) is 5.55. The summed E-state index contributed by atoms with van der Waals surface area (Å²) in [4.78, 5) is 16.1. The van der Waals surface area contributed by atoms with Crippen LogP contribution < -0.4 is 11.3 Å². The van der Waals surface area contributed by atoms with Gasteiger partial charge in [0, 0.05) is 6.20 Å². The molecule has 1 heterocycles. The third-order valence-corrected chi connectivity index (χ3v) is 4.12. The summed E-state index contributed by atoms with van der Waals surface area (Å²) in [7, 11) is 0. The van der Waals surface area contributed by atoms with Crippen LogP contribution in [0.15, 0.2) is 53.7 Å². The van der Waals surface area contributed by atoms with E-state index in [0.717, 1.165) is 5.56 Å². The molecule has 1 unspecified atom stereocenters. The van der Waals surface area contributed by atoms with E-state index >= 15 is 0 Å². The first kappa shape index (κ1) is 13.9. The number of halogens is 1. The number of nitrogens with one attached hydrogen (secondary N) is 1. The Morgan fingerprint density at radius 3 is 2.63 bits per heavy atom. The van der Waals surface area contributed by atoms with Gasteiger partial charge in [-0.2, -0.15) is 0 Å². The van der Waals surface area contributed by atoms with Crippen LogP contribution in [0.4, 0.5) is 0 Å². The Labute approximate surface area is 120 Å². The number of pyridine rings is 1. The molecular weight excluding hydrogens is 282 g/mol. The van der Waals surface area contributed by atoms with E-state index in [1.54, 1.807) is 18.3 Å². The molecule has 4 nitrogen and oxygen atoms in total. The van der Waals surface area contributed by atoms with E-state index in [1.165, 1.54) is 11.8 Å². The molecule has 0 radical (unpaired) electrons. The Kier molecular flexibility index (Phi) is 4.79. The summed E-state index contributed by atoms with van der Waals surface area (Å²) >= 11 is 7.32. The van der Waals surface area contributed by atoms with E-state index in [2.05, 4.69) is 10.4 Å². The molecule has 2 rings (SSSR count). The highest BCUT2D eigenvalue weighted by Gasteiger charge is 2.22. The van der Waals surface area contributed by atoms with Gasteiger partial charge in [0.1, 0.15) is 10.3 Å². The lowest BCUT2D eigenvalue weighted by atomic mass is 10.1. The van der Waals surface area contributed by atoms with Crippen LogP contribution in [0.25, 0.3) is 0 Å². The molecule has 1 amide bonds. The zero-order chi connectivity index (χ0) is 13.7. The van der Waals surface area contributed by atoms with Crippen molar-refractivity contribution >= 4 is 29.3 Å². The molecule has 0 aliphatic rings. The minimum atomic E-state index is -0.487. The summed E-state index contributed by atoms with van der Waals surface area (Å²) in [5.74, 6) is 4.94. The van der Waals surface area contributed by atoms with Crippen molar-refractivity contribution in [1.82, 2.24) is 10.4 Å². The van der Waals surface area contributed by atoms with Crippen LogP contribution in [0.2, 0.25) is 5.02 Å². The van der Waals surface area contributed by atoms with E-state index in [-0.39, 0.29) is 5.91 Å². The average Bonchev–Trinajstić information content (AvgIpc) is 2.46. The summed E-state index contributed by atoms with van der Waals surface area (Å²) in [5.41, 5.74) is 3.02. The first-order chi connectivity index (χ1) is 9.22. The largest absolute Gasteiger partial charge is 0.293 e. The van der Waals surface area contributed by atoms with Crippen molar-refractivity contribution in [2.75, 3.05) is 0 Å². The summed E-state index contributed by atoms with van der Waals surface area (Å²) < 4.78 is 0. The minimum Gasteiger partial charge on any atom is -0.293 e. The van der Waals surface area contributed by atoms with E-state index in [9.17, 15) is 4.79 Å². The Balaban J connectivity index is 2.30. The number of benzene rings is 1. The lowest BCUT2D eigenvalue weighted by Gasteiger charge is -2.15. The second kappa shape index (κ2) is 6.56. The Morgan fingerprint density at radius 2 is 2.00 bits per heavy atom. The van der Waals surface area contributed by atoms with Gasteiger partial charge in [0.25, 0.3) is 5.91 Å². The van der Waals surface area contributed by atoms with Crippen molar-refractivity contribution in [3.05, 3.63) is 59.2 Å². The van der Waals surface area contributed by atoms with Crippen molar-refractivity contribution in [3.63, 3.8) is 0 Å². The van der Waals surface area contributed by atoms with E-state index in [4.69, 9.17) is 17.4 Å². The average molecular weight is 294 g/mol. The molecule has 1 aromatic heterocycles. The van der Waals surface area contributed by atoms with Crippen molar-refractivity contribution in [2.45, 2.75) is 10.3 Å². The van der Waals surface area contributed by atoms with Crippen LogP contribution in [0, 0.1) is 0 Å². The summed E-state index contributed by atoms with van der Waals surface area (Å²) in [6.07, 6.45) is 1.64. The van der Waals surface area contributed by atoms with Crippen molar-refractivity contribution in [3.8, 4) is 0 Å². The van der Waals surface area contributed by atoms with Crippen LogP contribution in [0.5, 0.6) is 0 Å². The third-order valence-electron chi connectivity index (χ3n) is 2.44. The van der Waals surface area contributed by atoms with Gasteiger partial charge in [0.05, 0.1) is 5.02 Å². The standard InChI is InChI=1S/C13H12ClN3OS/c14-10-7-4-8-16-13(10)19-11(12(18)17-15)9-5-2-1-3-6-9/h1-8,11H,15H2,(H,17,18). The molecule has 0 bridgehead atoms. The van der Waals surface area contributed by atoms with Crippen LogP contribution in [-0.4, -0.2) is 10.9 Å². The second-order valence-electron chi connectivity index (χ2n) is 3.71. The number of hydrazine groups is 1. The molecule has 19 heavy (non-hydrogen) atoms. The van der Waals surface area contributed by atoms with Gasteiger partial charge in [-0.15, -0.1) is 0 Å². The van der Waals surface area contributed by atoms with Gasteiger partial charge in [-0.05, 0) is 17.7 Å².